The first-order chi connectivity index (χ1) is 10.0. The largest absolute Gasteiger partial charge is 0.317 e. The predicted octanol–water partition coefficient (Wildman–Crippen LogP) is 3.60. The van der Waals surface area contributed by atoms with Crippen molar-refractivity contribution in [2.45, 2.75) is 33.7 Å². The van der Waals surface area contributed by atoms with Crippen LogP contribution in [0, 0.1) is 19.7 Å². The van der Waals surface area contributed by atoms with Gasteiger partial charge in [-0.15, -0.1) is 0 Å². The molecule has 0 atom stereocenters. The van der Waals surface area contributed by atoms with Crippen molar-refractivity contribution < 1.29 is 4.39 Å². The average Bonchev–Trinajstić information content (AvgIpc) is 2.70. The standard InChI is InChI=1S/C16H21BrFN3/c1-4-19-8-7-15-11(2)20-21(12(15)3)10-13-9-14(17)5-6-16(13)18/h5-6,9,19H,4,7-8,10H2,1-3H3. The van der Waals surface area contributed by atoms with Crippen LogP contribution in [0.4, 0.5) is 4.39 Å². The molecule has 1 heterocycles. The second kappa shape index (κ2) is 7.18. The van der Waals surface area contributed by atoms with Crippen molar-refractivity contribution in [2.24, 2.45) is 0 Å². The van der Waals surface area contributed by atoms with E-state index in [1.54, 1.807) is 6.07 Å². The number of hydrogen-bond acceptors (Lipinski definition) is 2. The third-order valence-corrected chi connectivity index (χ3v) is 4.15. The van der Waals surface area contributed by atoms with Crippen LogP contribution in [-0.2, 0) is 13.0 Å². The second-order valence-corrected chi connectivity index (χ2v) is 6.06. The van der Waals surface area contributed by atoms with Gasteiger partial charge >= 0.3 is 0 Å². The van der Waals surface area contributed by atoms with Gasteiger partial charge in [-0.25, -0.2) is 4.39 Å². The fraction of sp³-hybridized carbons (Fsp3) is 0.438. The maximum Gasteiger partial charge on any atom is 0.128 e. The summed E-state index contributed by atoms with van der Waals surface area (Å²) in [5.41, 5.74) is 4.05. The first-order valence-corrected chi connectivity index (χ1v) is 7.99. The normalized spacial score (nSPS) is 11.1. The lowest BCUT2D eigenvalue weighted by atomic mass is 10.1. The Morgan fingerprint density at radius 3 is 2.81 bits per heavy atom. The molecule has 0 radical (unpaired) electrons. The van der Waals surface area contributed by atoms with Gasteiger partial charge in [0.1, 0.15) is 5.82 Å². The molecule has 5 heteroatoms. The molecule has 1 N–H and O–H groups in total. The lowest BCUT2D eigenvalue weighted by molar-refractivity contribution is 0.578. The highest BCUT2D eigenvalue weighted by Gasteiger charge is 2.13. The van der Waals surface area contributed by atoms with Gasteiger partial charge in [0.15, 0.2) is 0 Å². The van der Waals surface area contributed by atoms with Gasteiger partial charge < -0.3 is 5.32 Å². The van der Waals surface area contributed by atoms with E-state index in [-0.39, 0.29) is 5.82 Å². The van der Waals surface area contributed by atoms with E-state index in [0.29, 0.717) is 12.1 Å². The highest BCUT2D eigenvalue weighted by Crippen LogP contribution is 2.19. The van der Waals surface area contributed by atoms with Gasteiger partial charge in [0, 0.05) is 15.7 Å². The zero-order chi connectivity index (χ0) is 15.4. The first kappa shape index (κ1) is 16.2. The molecule has 0 aliphatic carbocycles. The van der Waals surface area contributed by atoms with Gasteiger partial charge in [-0.3, -0.25) is 4.68 Å². The van der Waals surface area contributed by atoms with Gasteiger partial charge in [-0.1, -0.05) is 22.9 Å². The van der Waals surface area contributed by atoms with E-state index in [0.717, 1.165) is 35.4 Å². The number of benzene rings is 1. The molecule has 3 nitrogen and oxygen atoms in total. The number of rotatable bonds is 6. The van der Waals surface area contributed by atoms with Crippen molar-refractivity contribution in [3.63, 3.8) is 0 Å². The van der Waals surface area contributed by atoms with Crippen LogP contribution in [0.2, 0.25) is 0 Å². The Balaban J connectivity index is 2.21. The number of hydrogen-bond donors (Lipinski definition) is 1. The van der Waals surface area contributed by atoms with Crippen LogP contribution in [0.5, 0.6) is 0 Å². The highest BCUT2D eigenvalue weighted by molar-refractivity contribution is 9.10. The minimum atomic E-state index is -0.194. The number of likely N-dealkylation sites (N-methyl/N-ethyl adjacent to an activating group) is 1. The van der Waals surface area contributed by atoms with Crippen molar-refractivity contribution in [1.29, 1.82) is 0 Å². The molecule has 114 valence electrons. The van der Waals surface area contributed by atoms with Crippen LogP contribution in [0.15, 0.2) is 22.7 Å². The van der Waals surface area contributed by atoms with Crippen molar-refractivity contribution in [1.82, 2.24) is 15.1 Å². The van der Waals surface area contributed by atoms with Crippen LogP contribution in [-0.4, -0.2) is 22.9 Å². The SMILES string of the molecule is CCNCCc1c(C)nn(Cc2cc(Br)ccc2F)c1C. The molecule has 0 bridgehead atoms. The van der Waals surface area contributed by atoms with E-state index in [9.17, 15) is 4.39 Å². The Morgan fingerprint density at radius 1 is 1.33 bits per heavy atom. The van der Waals surface area contributed by atoms with Crippen LogP contribution >= 0.6 is 15.9 Å². The molecule has 2 aromatic rings. The summed E-state index contributed by atoms with van der Waals surface area (Å²) in [7, 11) is 0. The number of nitrogens with zero attached hydrogens (tertiary/aromatic N) is 2. The summed E-state index contributed by atoms with van der Waals surface area (Å²) in [5.74, 6) is -0.194. The molecule has 1 aromatic carbocycles. The van der Waals surface area contributed by atoms with E-state index in [2.05, 4.69) is 40.2 Å². The molecule has 0 unspecified atom stereocenters. The molecule has 0 spiro atoms. The molecule has 2 rings (SSSR count). The van der Waals surface area contributed by atoms with Crippen molar-refractivity contribution >= 4 is 15.9 Å². The van der Waals surface area contributed by atoms with E-state index < -0.39 is 0 Å². The van der Waals surface area contributed by atoms with Crippen molar-refractivity contribution in [3.8, 4) is 0 Å². The lowest BCUT2D eigenvalue weighted by Gasteiger charge is -2.08. The smallest absolute Gasteiger partial charge is 0.128 e. The highest BCUT2D eigenvalue weighted by atomic mass is 79.9. The molecule has 0 amide bonds. The Bertz CT molecular complexity index is 622. The maximum atomic E-state index is 13.9. The minimum Gasteiger partial charge on any atom is -0.317 e. The summed E-state index contributed by atoms with van der Waals surface area (Å²) in [6, 6.07) is 5.00. The topological polar surface area (TPSA) is 29.9 Å². The first-order valence-electron chi connectivity index (χ1n) is 7.20. The molecule has 0 fully saturated rings. The Hall–Kier alpha value is -1.20. The Kier molecular flexibility index (Phi) is 5.53. The average molecular weight is 354 g/mol. The summed E-state index contributed by atoms with van der Waals surface area (Å²) < 4.78 is 16.6. The molecule has 0 aliphatic heterocycles. The predicted molar refractivity (Wildman–Crippen MR) is 87.2 cm³/mol. The summed E-state index contributed by atoms with van der Waals surface area (Å²) in [4.78, 5) is 0. The molecule has 21 heavy (non-hydrogen) atoms. The maximum absolute atomic E-state index is 13.9. The third kappa shape index (κ3) is 3.92. The van der Waals surface area contributed by atoms with Crippen molar-refractivity contribution in [2.75, 3.05) is 13.1 Å². The van der Waals surface area contributed by atoms with E-state index >= 15 is 0 Å². The molecule has 0 aliphatic rings. The number of halogens is 2. The van der Waals surface area contributed by atoms with Gasteiger partial charge in [0.05, 0.1) is 12.2 Å². The van der Waals surface area contributed by atoms with Gasteiger partial charge in [-0.05, 0) is 57.1 Å². The summed E-state index contributed by atoms with van der Waals surface area (Å²) in [6.45, 7) is 8.53. The van der Waals surface area contributed by atoms with Gasteiger partial charge in [-0.2, -0.15) is 5.10 Å². The second-order valence-electron chi connectivity index (χ2n) is 5.15. The van der Waals surface area contributed by atoms with Crippen molar-refractivity contribution in [3.05, 3.63) is 51.0 Å². The van der Waals surface area contributed by atoms with Crippen LogP contribution in [0.3, 0.4) is 0 Å². The molecular weight excluding hydrogens is 333 g/mol. The van der Waals surface area contributed by atoms with Crippen LogP contribution in [0.25, 0.3) is 0 Å². The van der Waals surface area contributed by atoms with Gasteiger partial charge in [0.2, 0.25) is 0 Å². The molecule has 0 saturated carbocycles. The van der Waals surface area contributed by atoms with E-state index in [4.69, 9.17) is 0 Å². The number of aryl methyl sites for hydroxylation is 1. The summed E-state index contributed by atoms with van der Waals surface area (Å²) in [5, 5.41) is 7.89. The lowest BCUT2D eigenvalue weighted by Crippen LogP contribution is -2.16. The van der Waals surface area contributed by atoms with E-state index in [1.807, 2.05) is 17.7 Å². The molecule has 1 aromatic heterocycles. The quantitative estimate of drug-likeness (QED) is 0.804. The Morgan fingerprint density at radius 2 is 2.10 bits per heavy atom. The fourth-order valence-corrected chi connectivity index (χ4v) is 2.87. The van der Waals surface area contributed by atoms with Crippen LogP contribution < -0.4 is 5.32 Å². The molecule has 0 saturated heterocycles. The minimum absolute atomic E-state index is 0.194. The number of aromatic nitrogens is 2. The fourth-order valence-electron chi connectivity index (χ4n) is 2.47. The zero-order valence-electron chi connectivity index (χ0n) is 12.7. The van der Waals surface area contributed by atoms with E-state index in [1.165, 1.54) is 11.6 Å². The Labute approximate surface area is 133 Å². The number of nitrogens with one attached hydrogen (secondary N) is 1. The van der Waals surface area contributed by atoms with Crippen LogP contribution in [0.1, 0.15) is 29.4 Å². The third-order valence-electron chi connectivity index (χ3n) is 3.66. The monoisotopic (exact) mass is 353 g/mol. The summed E-state index contributed by atoms with van der Waals surface area (Å²) in [6.07, 6.45) is 0.951. The van der Waals surface area contributed by atoms with Gasteiger partial charge in [0.25, 0.3) is 0 Å². The molecular formula is C16H21BrFN3. The zero-order valence-corrected chi connectivity index (χ0v) is 14.3. The summed E-state index contributed by atoms with van der Waals surface area (Å²) >= 11 is 3.39.